The van der Waals surface area contributed by atoms with E-state index >= 15 is 0 Å². The van der Waals surface area contributed by atoms with Crippen molar-refractivity contribution in [3.63, 3.8) is 0 Å². The van der Waals surface area contributed by atoms with Gasteiger partial charge in [-0.25, -0.2) is 0 Å². The molecule has 0 bridgehead atoms. The van der Waals surface area contributed by atoms with E-state index in [1.165, 1.54) is 12.1 Å². The van der Waals surface area contributed by atoms with Gasteiger partial charge in [0, 0.05) is 7.14 Å². The van der Waals surface area contributed by atoms with Crippen LogP contribution in [0.4, 0.5) is 13.2 Å². The van der Waals surface area contributed by atoms with Crippen molar-refractivity contribution in [1.29, 1.82) is 0 Å². The molecule has 0 fully saturated rings. The van der Waals surface area contributed by atoms with Crippen molar-refractivity contribution in [2.45, 2.75) is 20.9 Å². The molecule has 3 rings (SSSR count). The molecule has 0 atom stereocenters. The largest absolute Gasteiger partial charge is 0.416 e. The second-order valence-corrected chi connectivity index (χ2v) is 10.0. The lowest BCUT2D eigenvalue weighted by atomic mass is 10.2. The molecule has 0 radical (unpaired) electrons. The number of thiol groups is 1. The highest BCUT2D eigenvalue weighted by Crippen LogP contribution is 2.51. The van der Waals surface area contributed by atoms with Gasteiger partial charge >= 0.3 is 6.18 Å². The summed E-state index contributed by atoms with van der Waals surface area (Å²) in [5, 5.41) is 0. The minimum Gasteiger partial charge on any atom is -0.173 e. The standard InChI is InChI=1S/C19H13F3I2S/c20-19(21,22)13-1-7-16(8-2-13)25(17-9-3-14(23)4-10-17)18-11-5-15(24)6-12-18/h1-12,25H. The van der Waals surface area contributed by atoms with E-state index < -0.39 is 22.6 Å². The number of hydrogen-bond acceptors (Lipinski definition) is 0. The first-order valence-corrected chi connectivity index (χ1v) is 10.8. The lowest BCUT2D eigenvalue weighted by molar-refractivity contribution is -0.137. The zero-order valence-corrected chi connectivity index (χ0v) is 18.0. The van der Waals surface area contributed by atoms with Gasteiger partial charge in [0.15, 0.2) is 0 Å². The molecular weight excluding hydrogens is 571 g/mol. The molecule has 25 heavy (non-hydrogen) atoms. The molecule has 0 aliphatic heterocycles. The number of hydrogen-bond donors (Lipinski definition) is 1. The Morgan fingerprint density at radius 1 is 0.560 bits per heavy atom. The zero-order valence-electron chi connectivity index (χ0n) is 12.8. The van der Waals surface area contributed by atoms with E-state index in [1.807, 2.05) is 24.3 Å². The molecule has 0 N–H and O–H groups in total. The fourth-order valence-corrected chi connectivity index (χ4v) is 5.38. The van der Waals surface area contributed by atoms with Gasteiger partial charge in [-0.05, 0) is 133 Å². The first-order valence-electron chi connectivity index (χ1n) is 7.33. The molecular formula is C19H13F3I2S. The minimum absolute atomic E-state index is 0.614. The third-order valence-electron chi connectivity index (χ3n) is 3.62. The van der Waals surface area contributed by atoms with Crippen molar-refractivity contribution < 1.29 is 13.2 Å². The Morgan fingerprint density at radius 3 is 1.20 bits per heavy atom. The molecule has 6 heteroatoms. The first kappa shape index (κ1) is 19.0. The Hall–Kier alpha value is -0.740. The molecule has 0 saturated heterocycles. The Labute approximate surface area is 174 Å². The summed E-state index contributed by atoms with van der Waals surface area (Å²) in [6, 6.07) is 21.9. The van der Waals surface area contributed by atoms with Crippen LogP contribution >= 0.6 is 56.1 Å². The molecule has 3 aromatic rings. The van der Waals surface area contributed by atoms with Crippen molar-refractivity contribution in [3.05, 3.63) is 85.5 Å². The van der Waals surface area contributed by atoms with Crippen LogP contribution in [0.15, 0.2) is 87.5 Å². The average Bonchev–Trinajstić information content (AvgIpc) is 2.58. The van der Waals surface area contributed by atoms with Crippen LogP contribution in [0, 0.1) is 7.14 Å². The topological polar surface area (TPSA) is 0 Å². The third-order valence-corrected chi connectivity index (χ3v) is 7.50. The third kappa shape index (κ3) is 4.71. The molecule has 0 aliphatic rings. The minimum atomic E-state index is -4.31. The van der Waals surface area contributed by atoms with Gasteiger partial charge in [-0.2, -0.15) is 24.1 Å². The van der Waals surface area contributed by atoms with Gasteiger partial charge in [0.1, 0.15) is 0 Å². The Kier molecular flexibility index (Phi) is 5.99. The van der Waals surface area contributed by atoms with Crippen LogP contribution in [0.5, 0.6) is 0 Å². The predicted molar refractivity (Wildman–Crippen MR) is 114 cm³/mol. The van der Waals surface area contributed by atoms with Gasteiger partial charge < -0.3 is 0 Å². The van der Waals surface area contributed by atoms with Crippen LogP contribution in [0.1, 0.15) is 5.56 Å². The first-order chi connectivity index (χ1) is 11.8. The van der Waals surface area contributed by atoms with Gasteiger partial charge in [0.25, 0.3) is 0 Å². The summed E-state index contributed by atoms with van der Waals surface area (Å²) < 4.78 is 40.8. The maximum Gasteiger partial charge on any atom is 0.416 e. The number of rotatable bonds is 3. The summed E-state index contributed by atoms with van der Waals surface area (Å²) in [6.07, 6.45) is -4.31. The van der Waals surface area contributed by atoms with Gasteiger partial charge in [-0.1, -0.05) is 0 Å². The maximum atomic E-state index is 12.9. The van der Waals surface area contributed by atoms with Crippen molar-refractivity contribution in [3.8, 4) is 0 Å². The molecule has 0 nitrogen and oxygen atoms in total. The molecule has 0 unspecified atom stereocenters. The summed E-state index contributed by atoms with van der Waals surface area (Å²) in [4.78, 5) is 3.15. The van der Waals surface area contributed by atoms with E-state index in [2.05, 4.69) is 69.4 Å². The number of alkyl halides is 3. The van der Waals surface area contributed by atoms with Crippen LogP contribution in [-0.4, -0.2) is 0 Å². The van der Waals surface area contributed by atoms with Gasteiger partial charge in [-0.3, -0.25) is 0 Å². The lowest BCUT2D eigenvalue weighted by Gasteiger charge is -2.24. The summed E-state index contributed by atoms with van der Waals surface area (Å²) >= 11 is 4.50. The predicted octanol–water partition coefficient (Wildman–Crippen LogP) is 7.39. The van der Waals surface area contributed by atoms with E-state index in [-0.39, 0.29) is 0 Å². The Balaban J connectivity index is 2.07. The number of benzene rings is 3. The lowest BCUT2D eigenvalue weighted by Crippen LogP contribution is -2.04. The summed E-state index contributed by atoms with van der Waals surface area (Å²) in [6.45, 7) is 0. The highest BCUT2D eigenvalue weighted by atomic mass is 127. The van der Waals surface area contributed by atoms with Crippen molar-refractivity contribution in [2.75, 3.05) is 0 Å². The van der Waals surface area contributed by atoms with Crippen LogP contribution in [-0.2, 0) is 6.18 Å². The second-order valence-electron chi connectivity index (χ2n) is 5.33. The molecule has 0 amide bonds. The Bertz CT molecular complexity index is 796. The summed E-state index contributed by atoms with van der Waals surface area (Å²) in [5.41, 5.74) is -0.614. The summed E-state index contributed by atoms with van der Waals surface area (Å²) in [7, 11) is -0.893. The van der Waals surface area contributed by atoms with Crippen molar-refractivity contribution >= 4 is 56.1 Å². The highest BCUT2D eigenvalue weighted by Gasteiger charge is 2.30. The zero-order chi connectivity index (χ0) is 18.0. The second kappa shape index (κ2) is 7.87. The fraction of sp³-hybridized carbons (Fsp3) is 0.0526. The maximum absolute atomic E-state index is 12.9. The van der Waals surface area contributed by atoms with Gasteiger partial charge in [0.2, 0.25) is 0 Å². The van der Waals surface area contributed by atoms with E-state index in [9.17, 15) is 13.2 Å². The van der Waals surface area contributed by atoms with Crippen molar-refractivity contribution in [2.24, 2.45) is 0 Å². The van der Waals surface area contributed by atoms with Crippen LogP contribution < -0.4 is 0 Å². The van der Waals surface area contributed by atoms with E-state index in [0.29, 0.717) is 0 Å². The molecule has 0 aromatic heterocycles. The molecule has 0 saturated carbocycles. The van der Waals surface area contributed by atoms with E-state index in [4.69, 9.17) is 0 Å². The molecule has 0 aliphatic carbocycles. The molecule has 0 spiro atoms. The quantitative estimate of drug-likeness (QED) is 0.241. The van der Waals surface area contributed by atoms with Gasteiger partial charge in [-0.15, -0.1) is 0 Å². The monoisotopic (exact) mass is 584 g/mol. The van der Waals surface area contributed by atoms with E-state index in [0.717, 1.165) is 21.8 Å². The SMILES string of the molecule is FC(F)(F)c1ccc([SH](c2ccc(I)cc2)c2ccc(I)cc2)cc1. The van der Waals surface area contributed by atoms with E-state index in [1.54, 1.807) is 12.1 Å². The van der Waals surface area contributed by atoms with Crippen LogP contribution in [0.3, 0.4) is 0 Å². The normalized spacial score (nSPS) is 12.1. The van der Waals surface area contributed by atoms with Crippen LogP contribution in [0.2, 0.25) is 0 Å². The highest BCUT2D eigenvalue weighted by molar-refractivity contribution is 14.1. The van der Waals surface area contributed by atoms with Crippen LogP contribution in [0.25, 0.3) is 0 Å². The molecule has 3 aromatic carbocycles. The average molecular weight is 584 g/mol. The van der Waals surface area contributed by atoms with Gasteiger partial charge in [0.05, 0.1) is 5.56 Å². The Morgan fingerprint density at radius 2 is 0.880 bits per heavy atom. The molecule has 130 valence electrons. The van der Waals surface area contributed by atoms with Crippen molar-refractivity contribution in [1.82, 2.24) is 0 Å². The summed E-state index contributed by atoms with van der Waals surface area (Å²) in [5.74, 6) is 0. The number of halogens is 5. The fourth-order valence-electron chi connectivity index (χ4n) is 2.43. The molecule has 0 heterocycles. The smallest absolute Gasteiger partial charge is 0.173 e.